The van der Waals surface area contributed by atoms with Crippen molar-refractivity contribution in [3.8, 4) is 0 Å². The van der Waals surface area contributed by atoms with E-state index >= 15 is 0 Å². The molecule has 0 saturated heterocycles. The molecule has 0 N–H and O–H groups in total. The lowest BCUT2D eigenvalue weighted by Crippen LogP contribution is -2.29. The Bertz CT molecular complexity index is 233. The largest absolute Gasteiger partial charge is 0.581 e. The summed E-state index contributed by atoms with van der Waals surface area (Å²) in [4.78, 5) is 10.2. The summed E-state index contributed by atoms with van der Waals surface area (Å²) < 4.78 is -0.0162. The summed E-state index contributed by atoms with van der Waals surface area (Å²) in [5.74, 6) is 0. The lowest BCUT2D eigenvalue weighted by Gasteiger charge is -1.80. The highest BCUT2D eigenvalue weighted by Gasteiger charge is 1.89. The Morgan fingerprint density at radius 1 is 1.88 bits per heavy atom. The molecule has 0 saturated carbocycles. The molecular weight excluding hydrogens is 128 g/mol. The van der Waals surface area contributed by atoms with Gasteiger partial charge in [0.2, 0.25) is 11.5 Å². The molecule has 5 heteroatoms. The van der Waals surface area contributed by atoms with Crippen molar-refractivity contribution in [3.63, 3.8) is 0 Å². The van der Waals surface area contributed by atoms with Gasteiger partial charge in [-0.25, -0.2) is 0 Å². The predicted octanol–water partition coefficient (Wildman–Crippen LogP) is -0.863. The normalized spacial score (nSPS) is 9.00. The minimum Gasteiger partial charge on any atom is -0.581 e. The maximum Gasteiger partial charge on any atom is 0.299 e. The van der Waals surface area contributed by atoms with Crippen molar-refractivity contribution in [1.82, 2.24) is 5.10 Å². The third-order valence-corrected chi connectivity index (χ3v) is 1.11. The standard InChI is InChI=1S/C3H2N2O2S/c6-3-1-2-4-5(7)8-3/h1-2H. The van der Waals surface area contributed by atoms with Crippen LogP contribution in [0.5, 0.6) is 0 Å². The second-order valence-corrected chi connectivity index (χ2v) is 1.98. The third kappa shape index (κ3) is 1.00. The molecule has 1 aromatic rings. The molecule has 0 atom stereocenters. The third-order valence-electron chi connectivity index (χ3n) is 0.540. The van der Waals surface area contributed by atoms with Gasteiger partial charge in [0.25, 0.3) is 4.74 Å². The van der Waals surface area contributed by atoms with Crippen LogP contribution in [-0.2, 0) is 0 Å². The van der Waals surface area contributed by atoms with Gasteiger partial charge in [0.05, 0.1) is 0 Å². The Kier molecular flexibility index (Phi) is 1.21. The maximum atomic E-state index is 10.2. The monoisotopic (exact) mass is 130 g/mol. The Hall–Kier alpha value is -0.970. The van der Waals surface area contributed by atoms with E-state index in [1.807, 2.05) is 0 Å². The number of hydrogen-bond acceptors (Lipinski definition) is 4. The van der Waals surface area contributed by atoms with Crippen LogP contribution in [0.3, 0.4) is 0 Å². The summed E-state index contributed by atoms with van der Waals surface area (Å²) in [5.41, 5.74) is 0. The lowest BCUT2D eigenvalue weighted by molar-refractivity contribution is -0.600. The van der Waals surface area contributed by atoms with Crippen LogP contribution in [-0.4, -0.2) is 5.10 Å². The average molecular weight is 130 g/mol. The van der Waals surface area contributed by atoms with Gasteiger partial charge in [-0.15, -0.1) is 0 Å². The molecule has 0 aliphatic heterocycles. The van der Waals surface area contributed by atoms with Gasteiger partial charge in [-0.05, 0) is 0 Å². The van der Waals surface area contributed by atoms with Crippen LogP contribution in [0.25, 0.3) is 0 Å². The first-order valence-electron chi connectivity index (χ1n) is 1.85. The zero-order chi connectivity index (χ0) is 5.98. The fourth-order valence-electron chi connectivity index (χ4n) is 0.280. The number of aromatic nitrogens is 2. The Morgan fingerprint density at radius 3 is 3.00 bits per heavy atom. The Morgan fingerprint density at radius 2 is 2.62 bits per heavy atom. The molecule has 1 heterocycles. The van der Waals surface area contributed by atoms with E-state index in [-0.39, 0.29) is 8.98 Å². The predicted molar refractivity (Wildman–Crippen MR) is 27.3 cm³/mol. The summed E-state index contributed by atoms with van der Waals surface area (Å²) in [6.07, 6.45) is 1.17. The van der Waals surface area contributed by atoms with E-state index in [0.29, 0.717) is 11.5 Å². The van der Waals surface area contributed by atoms with Crippen molar-refractivity contribution in [1.29, 1.82) is 0 Å². The topological polar surface area (TPSA) is 56.9 Å². The van der Waals surface area contributed by atoms with E-state index in [1.165, 1.54) is 12.3 Å². The van der Waals surface area contributed by atoms with Crippen molar-refractivity contribution in [2.45, 2.75) is 0 Å². The first kappa shape index (κ1) is 5.17. The van der Waals surface area contributed by atoms with Crippen molar-refractivity contribution in [3.05, 3.63) is 27.0 Å². The van der Waals surface area contributed by atoms with E-state index in [0.717, 1.165) is 0 Å². The first-order valence-corrected chi connectivity index (χ1v) is 2.63. The molecule has 42 valence electrons. The molecule has 0 aliphatic carbocycles. The molecule has 0 unspecified atom stereocenters. The van der Waals surface area contributed by atoms with Gasteiger partial charge in [-0.3, -0.25) is 4.79 Å². The smallest absolute Gasteiger partial charge is 0.299 e. The van der Waals surface area contributed by atoms with Crippen LogP contribution >= 0.6 is 11.5 Å². The fraction of sp³-hybridized carbons (Fsp3) is 0. The van der Waals surface area contributed by atoms with Crippen LogP contribution in [0.1, 0.15) is 0 Å². The summed E-state index contributed by atoms with van der Waals surface area (Å²) >= 11 is 0.527. The van der Waals surface area contributed by atoms with E-state index in [4.69, 9.17) is 0 Å². The van der Waals surface area contributed by atoms with Gasteiger partial charge in [-0.2, -0.15) is 0 Å². The second kappa shape index (κ2) is 1.87. The molecule has 0 spiro atoms. The minimum atomic E-state index is -0.282. The number of rotatable bonds is 0. The molecule has 0 radical (unpaired) electrons. The zero-order valence-electron chi connectivity index (χ0n) is 3.77. The molecule has 4 nitrogen and oxygen atoms in total. The minimum absolute atomic E-state index is 0.266. The van der Waals surface area contributed by atoms with Gasteiger partial charge in [0.15, 0.2) is 0 Å². The van der Waals surface area contributed by atoms with Crippen LogP contribution < -0.4 is 8.98 Å². The van der Waals surface area contributed by atoms with E-state index < -0.39 is 0 Å². The molecule has 1 aromatic heterocycles. The Labute approximate surface area is 48.8 Å². The average Bonchev–Trinajstić information content (AvgIpc) is 1.64. The molecule has 0 bridgehead atoms. The van der Waals surface area contributed by atoms with Crippen LogP contribution in [0.15, 0.2) is 17.1 Å². The maximum absolute atomic E-state index is 10.2. The fourth-order valence-corrected chi connectivity index (χ4v) is 0.657. The van der Waals surface area contributed by atoms with E-state index in [1.54, 1.807) is 0 Å². The first-order chi connectivity index (χ1) is 3.79. The van der Waals surface area contributed by atoms with Crippen LogP contribution in [0, 0.1) is 5.21 Å². The second-order valence-electron chi connectivity index (χ2n) is 1.08. The van der Waals surface area contributed by atoms with Gasteiger partial charge in [-0.1, -0.05) is 0 Å². The molecule has 0 aromatic carbocycles. The highest BCUT2D eigenvalue weighted by molar-refractivity contribution is 6.98. The van der Waals surface area contributed by atoms with Gasteiger partial charge in [0, 0.05) is 15.4 Å². The molecule has 1 rings (SSSR count). The van der Waals surface area contributed by atoms with Gasteiger partial charge >= 0.3 is 0 Å². The van der Waals surface area contributed by atoms with Crippen LogP contribution in [0.4, 0.5) is 0 Å². The highest BCUT2D eigenvalue weighted by Crippen LogP contribution is 1.65. The zero-order valence-corrected chi connectivity index (χ0v) is 4.59. The van der Waals surface area contributed by atoms with Crippen molar-refractivity contribution in [2.75, 3.05) is 0 Å². The lowest BCUT2D eigenvalue weighted by atomic mass is 10.8. The summed E-state index contributed by atoms with van der Waals surface area (Å²) in [6, 6.07) is 1.24. The molecule has 8 heavy (non-hydrogen) atoms. The molecular formula is C3H2N2O2S. The number of nitrogens with zero attached hydrogens (tertiary/aromatic N) is 2. The quantitative estimate of drug-likeness (QED) is 0.339. The highest BCUT2D eigenvalue weighted by atomic mass is 32.1. The molecule has 0 aliphatic rings. The van der Waals surface area contributed by atoms with Gasteiger partial charge < -0.3 is 5.21 Å². The summed E-state index contributed by atoms with van der Waals surface area (Å²) in [5, 5.41) is 13.3. The van der Waals surface area contributed by atoms with Crippen LogP contribution in [0.2, 0.25) is 0 Å². The van der Waals surface area contributed by atoms with Crippen molar-refractivity contribution in [2.24, 2.45) is 0 Å². The van der Waals surface area contributed by atoms with E-state index in [2.05, 4.69) is 5.10 Å². The number of hydrogen-bond donors (Lipinski definition) is 0. The summed E-state index contributed by atoms with van der Waals surface area (Å²) in [7, 11) is 0. The SMILES string of the molecule is O=c1ccn[n+]([O-])s1. The molecule has 0 fully saturated rings. The van der Waals surface area contributed by atoms with Crippen molar-refractivity contribution < 1.29 is 4.23 Å². The van der Waals surface area contributed by atoms with Gasteiger partial charge in [0.1, 0.15) is 6.20 Å². The molecule has 0 amide bonds. The van der Waals surface area contributed by atoms with E-state index in [9.17, 15) is 10.0 Å². The van der Waals surface area contributed by atoms with Crippen molar-refractivity contribution >= 4 is 11.5 Å². The Balaban J connectivity index is 3.28. The summed E-state index contributed by atoms with van der Waals surface area (Å²) in [6.45, 7) is 0.